The minimum Gasteiger partial charge on any atom is -0.477 e. The minimum atomic E-state index is 0.796. The Bertz CT molecular complexity index is 2560. The number of aliphatic imine (C=N–C) groups is 1. The van der Waals surface area contributed by atoms with Crippen LogP contribution in [0.2, 0.25) is 0 Å². The number of hydrazone groups is 1. The third-order valence-electron chi connectivity index (χ3n) is 12.0. The fourth-order valence-electron chi connectivity index (χ4n) is 7.39. The summed E-state index contributed by atoms with van der Waals surface area (Å²) < 4.78 is 10.7. The van der Waals surface area contributed by atoms with E-state index in [2.05, 4.69) is 109 Å². The highest BCUT2D eigenvalue weighted by molar-refractivity contribution is 8.06. The second-order valence-corrected chi connectivity index (χ2v) is 18.4. The summed E-state index contributed by atoms with van der Waals surface area (Å²) in [4.78, 5) is 14.7. The van der Waals surface area contributed by atoms with Crippen molar-refractivity contribution >= 4 is 36.0 Å². The van der Waals surface area contributed by atoms with E-state index < -0.39 is 0 Å². The molecule has 12 aliphatic heterocycles. The number of thioether (sulfide) groups is 2. The zero-order chi connectivity index (χ0) is 60.5. The summed E-state index contributed by atoms with van der Waals surface area (Å²) in [5.74, 6) is 4.05. The third-order valence-corrected chi connectivity index (χ3v) is 14.2. The number of hydrogen-bond donors (Lipinski definition) is 0. The molecule has 10 nitrogen and oxygen atoms in total. The molecule has 0 unspecified atom stereocenters. The SMILES string of the molecule is C=C1C=CN2C=CC=NC2=C1C.C=C1C=CN2C=COC2=C1C.C=C1C=CN2C=CSC2=C1C.C=C1C=CN2CCOC2=C1C.C=C1C=CN2CCSC2=C1C.C=C1C=CN2N=CC=CC2=C1C.CC.CC.CC.CC.CC.CC. The fraction of sp³-hybridized carbons (Fsp3) is 0.324. The highest BCUT2D eigenvalue weighted by atomic mass is 32.2. The largest absolute Gasteiger partial charge is 0.477 e. The Labute approximate surface area is 494 Å². The van der Waals surface area contributed by atoms with E-state index in [1.807, 2.05) is 222 Å². The summed E-state index contributed by atoms with van der Waals surface area (Å²) in [6, 6.07) is 0. The molecule has 2 fully saturated rings. The van der Waals surface area contributed by atoms with Crippen molar-refractivity contribution < 1.29 is 9.47 Å². The van der Waals surface area contributed by atoms with Crippen LogP contribution in [-0.4, -0.2) is 67.4 Å². The zero-order valence-electron chi connectivity index (χ0n) is 52.0. The van der Waals surface area contributed by atoms with Gasteiger partial charge in [0.15, 0.2) is 5.88 Å². The van der Waals surface area contributed by atoms with Gasteiger partial charge >= 0.3 is 0 Å². The van der Waals surface area contributed by atoms with E-state index in [-0.39, 0.29) is 0 Å². The Morgan fingerprint density at radius 2 is 0.963 bits per heavy atom. The molecule has 0 atom stereocenters. The third kappa shape index (κ3) is 19.5. The highest BCUT2D eigenvalue weighted by Gasteiger charge is 2.24. The van der Waals surface area contributed by atoms with Crippen molar-refractivity contribution in [2.75, 3.05) is 25.4 Å². The van der Waals surface area contributed by atoms with E-state index in [9.17, 15) is 0 Å². The van der Waals surface area contributed by atoms with E-state index in [0.717, 1.165) is 93.1 Å². The number of ether oxygens (including phenoxy) is 2. The predicted molar refractivity (Wildman–Crippen MR) is 355 cm³/mol. The van der Waals surface area contributed by atoms with Gasteiger partial charge in [-0.15, -0.1) is 11.8 Å². The van der Waals surface area contributed by atoms with Crippen LogP contribution in [0.4, 0.5) is 0 Å². The monoisotopic (exact) mass is 1120 g/mol. The van der Waals surface area contributed by atoms with Crippen LogP contribution in [-0.2, 0) is 9.47 Å². The first-order valence-electron chi connectivity index (χ1n) is 28.2. The Kier molecular flexibility index (Phi) is 33.9. The lowest BCUT2D eigenvalue weighted by Crippen LogP contribution is -2.15. The molecule has 432 valence electrons. The maximum absolute atomic E-state index is 5.43. The van der Waals surface area contributed by atoms with E-state index in [0.29, 0.717) is 0 Å². The number of allylic oxidation sites excluding steroid dienone is 21. The van der Waals surface area contributed by atoms with Crippen LogP contribution in [0.5, 0.6) is 0 Å². The van der Waals surface area contributed by atoms with Gasteiger partial charge in [-0.2, -0.15) is 5.10 Å². The first-order valence-corrected chi connectivity index (χ1v) is 30.1. The van der Waals surface area contributed by atoms with Crippen molar-refractivity contribution in [1.82, 2.24) is 29.5 Å². The Hall–Kier alpha value is -7.28. The molecule has 12 heteroatoms. The van der Waals surface area contributed by atoms with Gasteiger partial charge in [0.05, 0.1) is 22.3 Å². The van der Waals surface area contributed by atoms with Gasteiger partial charge in [-0.05, 0) is 157 Å². The summed E-state index contributed by atoms with van der Waals surface area (Å²) in [5.41, 5.74) is 14.8. The number of nitrogens with zero attached hydrogens (tertiary/aromatic N) is 8. The summed E-state index contributed by atoms with van der Waals surface area (Å²) >= 11 is 3.68. The average molecular weight is 1120 g/mol. The zero-order valence-corrected chi connectivity index (χ0v) is 53.6. The van der Waals surface area contributed by atoms with Gasteiger partial charge in [-0.1, -0.05) is 134 Å². The molecule has 0 bridgehead atoms. The van der Waals surface area contributed by atoms with Crippen molar-refractivity contribution in [1.29, 1.82) is 0 Å². The molecule has 0 aliphatic carbocycles. The highest BCUT2D eigenvalue weighted by Crippen LogP contribution is 2.38. The van der Waals surface area contributed by atoms with Gasteiger partial charge in [-0.25, -0.2) is 10.0 Å². The number of hydrogen-bond acceptors (Lipinski definition) is 12. The van der Waals surface area contributed by atoms with Crippen LogP contribution in [0.15, 0.2) is 272 Å². The van der Waals surface area contributed by atoms with Crippen molar-refractivity contribution in [3.8, 4) is 0 Å². The van der Waals surface area contributed by atoms with Crippen molar-refractivity contribution in [3.05, 3.63) is 262 Å². The number of rotatable bonds is 0. The van der Waals surface area contributed by atoms with Gasteiger partial charge in [0.25, 0.3) is 0 Å². The second-order valence-electron chi connectivity index (χ2n) is 16.4. The molecule has 12 rings (SSSR count). The topological polar surface area (TPSA) is 62.6 Å². The number of fused-ring (bicyclic) bond motifs is 6. The molecule has 12 aliphatic rings. The summed E-state index contributed by atoms with van der Waals surface area (Å²) in [6.45, 7) is 62.8. The van der Waals surface area contributed by atoms with Gasteiger partial charge in [-0.3, -0.25) is 4.90 Å². The normalized spacial score (nSPS) is 18.6. The van der Waals surface area contributed by atoms with E-state index in [4.69, 9.17) is 9.47 Å². The summed E-state index contributed by atoms with van der Waals surface area (Å²) in [5, 5.41) is 10.8. The molecule has 0 spiro atoms. The summed E-state index contributed by atoms with van der Waals surface area (Å²) in [7, 11) is 0. The van der Waals surface area contributed by atoms with Crippen LogP contribution in [0.1, 0.15) is 125 Å². The fourth-order valence-corrected chi connectivity index (χ4v) is 9.41. The van der Waals surface area contributed by atoms with Gasteiger partial charge < -0.3 is 29.1 Å². The lowest BCUT2D eigenvalue weighted by atomic mass is 10.0. The first-order chi connectivity index (χ1) is 38.7. The molecule has 12 heterocycles. The lowest BCUT2D eigenvalue weighted by molar-refractivity contribution is 0.244. The molecule has 0 N–H and O–H groups in total. The Morgan fingerprint density at radius 1 is 0.450 bits per heavy atom. The van der Waals surface area contributed by atoms with E-state index in [1.165, 1.54) is 32.5 Å². The Morgan fingerprint density at radius 3 is 1.60 bits per heavy atom. The van der Waals surface area contributed by atoms with E-state index in [1.54, 1.807) is 30.5 Å². The molecule has 0 saturated carbocycles. The standard InChI is InChI=1S/2C10H10N2.C9H11NO.C9H9NO.C9H11NS.C9H9NS.6C2H6/c1-8-4-7-12-6-3-5-11-10(12)9(8)2;1-8-5-7-12-10(9(8)2)4-3-6-11-12;4*1-7-3-4-10-5-6-11-9(10)8(7)2;6*1-2/h2*3-7H,1H2,2H3;3-4H,1,5-6H2,2H3;3-6H,1H2,2H3;3-4H,1,5-6H2,2H3;3-6H,1H2,2H3;6*1-2H3. The van der Waals surface area contributed by atoms with Crippen LogP contribution in [0.3, 0.4) is 0 Å². The molecular weight excluding hydrogens is 1020 g/mol. The van der Waals surface area contributed by atoms with Gasteiger partial charge in [0.1, 0.15) is 18.7 Å². The smallest absolute Gasteiger partial charge is 0.206 e. The van der Waals surface area contributed by atoms with E-state index >= 15 is 0 Å². The maximum atomic E-state index is 5.43. The van der Waals surface area contributed by atoms with Crippen LogP contribution < -0.4 is 0 Å². The van der Waals surface area contributed by atoms with Crippen LogP contribution in [0, 0.1) is 0 Å². The molecule has 0 aromatic carbocycles. The molecule has 2 saturated heterocycles. The Balaban J connectivity index is 0.000000462. The van der Waals surface area contributed by atoms with Crippen molar-refractivity contribution in [2.45, 2.75) is 125 Å². The summed E-state index contributed by atoms with van der Waals surface area (Å²) in [6.07, 6.45) is 41.1. The van der Waals surface area contributed by atoms with Crippen LogP contribution in [0.25, 0.3) is 0 Å². The molecule has 0 amide bonds. The maximum Gasteiger partial charge on any atom is 0.206 e. The minimum absolute atomic E-state index is 0.796. The molecule has 0 aromatic heterocycles. The molecule has 80 heavy (non-hydrogen) atoms. The van der Waals surface area contributed by atoms with Crippen LogP contribution >= 0.6 is 23.5 Å². The van der Waals surface area contributed by atoms with Crippen molar-refractivity contribution in [3.63, 3.8) is 0 Å². The predicted octanol–water partition coefficient (Wildman–Crippen LogP) is 19.5. The van der Waals surface area contributed by atoms with Gasteiger partial charge in [0, 0.05) is 91.7 Å². The second kappa shape index (κ2) is 38.3. The van der Waals surface area contributed by atoms with Gasteiger partial charge in [0.2, 0.25) is 5.88 Å². The molecular formula is C68H96N8O2S2. The average Bonchev–Trinajstić information content (AvgIpc) is 4.39. The first kappa shape index (κ1) is 70.7. The molecule has 0 aromatic rings. The van der Waals surface area contributed by atoms with Crippen molar-refractivity contribution in [2.24, 2.45) is 10.1 Å². The lowest BCUT2D eigenvalue weighted by Gasteiger charge is -2.24. The quantitative estimate of drug-likeness (QED) is 0.234. The molecule has 0 radical (unpaired) electrons.